The highest BCUT2D eigenvalue weighted by atomic mass is 15.0. The van der Waals surface area contributed by atoms with Crippen LogP contribution in [0.25, 0.3) is 10.9 Å². The summed E-state index contributed by atoms with van der Waals surface area (Å²) in [5.41, 5.74) is 4.66. The topological polar surface area (TPSA) is 28.7 Å². The number of benzene rings is 1. The standard InChI is InChI=1S/C13H12N2/c1-9-12(8-14)11-6-2-4-10-5-3-7-15(9)13(10)11/h2,4,6H,3,5,7H2,1H3. The molecule has 1 aromatic heterocycles. The lowest BCUT2D eigenvalue weighted by Gasteiger charge is -2.16. The minimum atomic E-state index is 0.855. The number of hydrogen-bond donors (Lipinski definition) is 0. The summed E-state index contributed by atoms with van der Waals surface area (Å²) >= 11 is 0. The summed E-state index contributed by atoms with van der Waals surface area (Å²) in [5, 5.41) is 10.3. The Bertz CT molecular complexity index is 585. The molecular formula is C13H12N2. The summed E-state index contributed by atoms with van der Waals surface area (Å²) in [7, 11) is 0. The SMILES string of the molecule is Cc1c(C#N)c2cccc3c2n1CCC3. The molecule has 15 heavy (non-hydrogen) atoms. The molecule has 0 saturated heterocycles. The Labute approximate surface area is 88.7 Å². The van der Waals surface area contributed by atoms with Crippen LogP contribution >= 0.6 is 0 Å². The molecule has 0 unspecified atom stereocenters. The number of rotatable bonds is 0. The minimum Gasteiger partial charge on any atom is -0.343 e. The van der Waals surface area contributed by atoms with Crippen LogP contribution in [0.15, 0.2) is 18.2 Å². The Morgan fingerprint density at radius 3 is 3.07 bits per heavy atom. The summed E-state index contributed by atoms with van der Waals surface area (Å²) in [6, 6.07) is 8.63. The molecule has 0 aliphatic carbocycles. The number of hydrogen-bond acceptors (Lipinski definition) is 1. The molecule has 0 radical (unpaired) electrons. The number of nitriles is 1. The molecule has 74 valence electrons. The smallest absolute Gasteiger partial charge is 0.102 e. The van der Waals surface area contributed by atoms with Gasteiger partial charge < -0.3 is 4.57 Å². The third kappa shape index (κ3) is 0.979. The molecule has 0 atom stereocenters. The van der Waals surface area contributed by atoms with Crippen LogP contribution in [-0.4, -0.2) is 4.57 Å². The first-order chi connectivity index (χ1) is 7.33. The van der Waals surface area contributed by atoms with E-state index < -0.39 is 0 Å². The lowest BCUT2D eigenvalue weighted by Crippen LogP contribution is -2.08. The van der Waals surface area contributed by atoms with E-state index >= 15 is 0 Å². The highest BCUT2D eigenvalue weighted by Crippen LogP contribution is 2.31. The van der Waals surface area contributed by atoms with Gasteiger partial charge in [-0.3, -0.25) is 0 Å². The molecule has 0 spiro atoms. The second-order valence-electron chi connectivity index (χ2n) is 4.14. The first-order valence-corrected chi connectivity index (χ1v) is 5.33. The summed E-state index contributed by atoms with van der Waals surface area (Å²) in [4.78, 5) is 0. The molecule has 1 aliphatic rings. The van der Waals surface area contributed by atoms with Crippen molar-refractivity contribution in [1.29, 1.82) is 5.26 Å². The van der Waals surface area contributed by atoms with Gasteiger partial charge in [-0.15, -0.1) is 0 Å². The Morgan fingerprint density at radius 1 is 1.40 bits per heavy atom. The van der Waals surface area contributed by atoms with Gasteiger partial charge in [-0.05, 0) is 25.3 Å². The summed E-state index contributed by atoms with van der Waals surface area (Å²) in [5.74, 6) is 0. The Hall–Kier alpha value is -1.75. The van der Waals surface area contributed by atoms with E-state index in [0.29, 0.717) is 0 Å². The molecule has 1 aliphatic heterocycles. The lowest BCUT2D eigenvalue weighted by atomic mass is 10.0. The van der Waals surface area contributed by atoms with Crippen molar-refractivity contribution in [3.8, 4) is 6.07 Å². The van der Waals surface area contributed by atoms with Gasteiger partial charge in [0.15, 0.2) is 0 Å². The van der Waals surface area contributed by atoms with E-state index in [1.165, 1.54) is 17.5 Å². The molecule has 2 heterocycles. The second kappa shape index (κ2) is 2.87. The fourth-order valence-corrected chi connectivity index (χ4v) is 2.66. The Morgan fingerprint density at radius 2 is 2.27 bits per heavy atom. The van der Waals surface area contributed by atoms with Crippen molar-refractivity contribution in [1.82, 2.24) is 4.57 Å². The van der Waals surface area contributed by atoms with Crippen LogP contribution in [0, 0.1) is 18.3 Å². The molecule has 0 bridgehead atoms. The van der Waals surface area contributed by atoms with Gasteiger partial charge in [0.25, 0.3) is 0 Å². The number of para-hydroxylation sites is 1. The van der Waals surface area contributed by atoms with E-state index in [1.54, 1.807) is 0 Å². The van der Waals surface area contributed by atoms with Gasteiger partial charge in [-0.1, -0.05) is 18.2 Å². The average molecular weight is 196 g/mol. The van der Waals surface area contributed by atoms with Crippen LogP contribution in [-0.2, 0) is 13.0 Å². The fourth-order valence-electron chi connectivity index (χ4n) is 2.66. The van der Waals surface area contributed by atoms with Gasteiger partial charge in [0.2, 0.25) is 0 Å². The number of nitrogens with zero attached hydrogens (tertiary/aromatic N) is 2. The maximum absolute atomic E-state index is 9.17. The predicted octanol–water partition coefficient (Wildman–Crippen LogP) is 2.77. The van der Waals surface area contributed by atoms with Crippen LogP contribution in [0.1, 0.15) is 23.2 Å². The molecule has 3 rings (SSSR count). The minimum absolute atomic E-state index is 0.855. The quantitative estimate of drug-likeness (QED) is 0.637. The van der Waals surface area contributed by atoms with Crippen LogP contribution in [0.4, 0.5) is 0 Å². The highest BCUT2D eigenvalue weighted by Gasteiger charge is 2.18. The maximum Gasteiger partial charge on any atom is 0.102 e. The van der Waals surface area contributed by atoms with Crippen molar-refractivity contribution in [2.24, 2.45) is 0 Å². The molecule has 0 amide bonds. The van der Waals surface area contributed by atoms with E-state index in [0.717, 1.165) is 29.6 Å². The van der Waals surface area contributed by atoms with Gasteiger partial charge in [-0.2, -0.15) is 5.26 Å². The molecule has 0 saturated carbocycles. The van der Waals surface area contributed by atoms with E-state index in [9.17, 15) is 5.26 Å². The van der Waals surface area contributed by atoms with E-state index in [-0.39, 0.29) is 0 Å². The van der Waals surface area contributed by atoms with Crippen molar-refractivity contribution >= 4 is 10.9 Å². The van der Waals surface area contributed by atoms with Crippen LogP contribution in [0.3, 0.4) is 0 Å². The Kier molecular flexibility index (Phi) is 1.63. The molecule has 0 N–H and O–H groups in total. The highest BCUT2D eigenvalue weighted by molar-refractivity contribution is 5.90. The van der Waals surface area contributed by atoms with Crippen molar-refractivity contribution in [3.05, 3.63) is 35.0 Å². The fraction of sp³-hybridized carbons (Fsp3) is 0.308. The van der Waals surface area contributed by atoms with Gasteiger partial charge in [0, 0.05) is 17.6 Å². The largest absolute Gasteiger partial charge is 0.343 e. The van der Waals surface area contributed by atoms with E-state index in [1.807, 2.05) is 6.92 Å². The van der Waals surface area contributed by atoms with Crippen molar-refractivity contribution < 1.29 is 0 Å². The Balaban J connectivity index is 2.55. The lowest BCUT2D eigenvalue weighted by molar-refractivity contribution is 0.623. The van der Waals surface area contributed by atoms with E-state index in [4.69, 9.17) is 0 Å². The molecular weight excluding hydrogens is 184 g/mol. The first kappa shape index (κ1) is 8.55. The van der Waals surface area contributed by atoms with Crippen molar-refractivity contribution in [3.63, 3.8) is 0 Å². The van der Waals surface area contributed by atoms with Gasteiger partial charge >= 0.3 is 0 Å². The van der Waals surface area contributed by atoms with Crippen molar-refractivity contribution in [2.75, 3.05) is 0 Å². The summed E-state index contributed by atoms with van der Waals surface area (Å²) in [6.45, 7) is 3.11. The van der Waals surface area contributed by atoms with Crippen LogP contribution in [0.5, 0.6) is 0 Å². The summed E-state index contributed by atoms with van der Waals surface area (Å²) in [6.07, 6.45) is 2.33. The zero-order valence-electron chi connectivity index (χ0n) is 8.75. The van der Waals surface area contributed by atoms with Crippen molar-refractivity contribution in [2.45, 2.75) is 26.3 Å². The maximum atomic E-state index is 9.17. The molecule has 2 nitrogen and oxygen atoms in total. The second-order valence-corrected chi connectivity index (χ2v) is 4.14. The average Bonchev–Trinajstić information content (AvgIpc) is 2.55. The van der Waals surface area contributed by atoms with Crippen LogP contribution in [0.2, 0.25) is 0 Å². The molecule has 2 aromatic rings. The van der Waals surface area contributed by atoms with Gasteiger partial charge in [0.05, 0.1) is 11.1 Å². The van der Waals surface area contributed by atoms with E-state index in [2.05, 4.69) is 28.8 Å². The molecule has 1 aromatic carbocycles. The summed E-state index contributed by atoms with van der Waals surface area (Å²) < 4.78 is 2.30. The monoisotopic (exact) mass is 196 g/mol. The third-order valence-electron chi connectivity index (χ3n) is 3.37. The van der Waals surface area contributed by atoms with Gasteiger partial charge in [-0.25, -0.2) is 0 Å². The van der Waals surface area contributed by atoms with Crippen LogP contribution < -0.4 is 0 Å². The number of aromatic nitrogens is 1. The third-order valence-corrected chi connectivity index (χ3v) is 3.37. The van der Waals surface area contributed by atoms with Gasteiger partial charge in [0.1, 0.15) is 6.07 Å². The molecule has 0 fully saturated rings. The zero-order chi connectivity index (χ0) is 10.4. The predicted molar refractivity (Wildman–Crippen MR) is 59.7 cm³/mol. The number of aryl methyl sites for hydroxylation is 2. The molecule has 2 heteroatoms. The first-order valence-electron chi connectivity index (χ1n) is 5.33. The zero-order valence-corrected chi connectivity index (χ0v) is 8.75. The normalized spacial score (nSPS) is 14.1.